The van der Waals surface area contributed by atoms with Crippen molar-refractivity contribution in [2.24, 2.45) is 28.9 Å². The standard InChI is InChI=1S/C93H141N23O28S3/c1-9-11-21-60(104-88(139)65(39-56-18-13-12-14-19-56)108-91(142)69-22-17-36-116(69)93(144)66(41-77(128)129)109-81(132)54(7)102-82(133)59(95)20-15-16-35-94)84(135)111-67(89(140)101-52(5)79(97)130)44-145-37-33-72(121)113-47-114-49-115(48-113)74(123)46-147-43-51(4)99-87(138)64(40-57-23-25-58(118)26-24-57)107-85(136)62(27-30-70(96)119)103-71(120)42-98-83(134)61(28-31-75(124)125)105-86(137)63(29-32-76(126)127)106-92(143)78(50(3)10-2)112-90(141)68(45-146-38-34-73(114)122)110-80(131)53(6)100-55(8)117/h12-14,18-19,23-26,50-54,59-69,78,118H,9-11,15-17,20-22,27-49,94-95H2,1-8H3,(H2,96,119)(H2,97,130)(H,98,134)(H,99,138)(H,100,117)(H,101,140)(H,102,133)(H,103,120)(H,104,139)(H,105,137)(H,106,143)(H,107,136)(H,108,142)(H,109,132)(H,110,131)(H,111,135)(H,112,141)(H,124,125)(H,126,127)(H,128,129)/t50-,51+,52-,53-,54-,59-,60-,61-,62-,63-,64-,65-,66-,67-,68-,69-,78-/m0/s1. The maximum absolute atomic E-state index is 14.9. The Morgan fingerprint density at radius 3 is 1.74 bits per heavy atom. The number of nitrogens with two attached hydrogens (primary N) is 4. The molecule has 21 amide bonds. The number of hydrogen-bond acceptors (Lipinski definition) is 30. The number of aliphatic carboxylic acids is 3. The predicted molar refractivity (Wildman–Crippen MR) is 535 cm³/mol. The highest BCUT2D eigenvalue weighted by Crippen LogP contribution is 2.24. The fraction of sp³-hybridized carbons (Fsp3) is 0.613. The van der Waals surface area contributed by atoms with Crippen molar-refractivity contribution in [3.8, 4) is 5.75 Å². The highest BCUT2D eigenvalue weighted by molar-refractivity contribution is 8.00. The van der Waals surface area contributed by atoms with Gasteiger partial charge in [-0.2, -0.15) is 23.5 Å². The zero-order chi connectivity index (χ0) is 109. The average molecular weight is 2130 g/mol. The molecule has 0 radical (unpaired) electrons. The number of aromatic hydroxyl groups is 1. The molecule has 0 aromatic heterocycles. The lowest BCUT2D eigenvalue weighted by atomic mass is 9.97. The zero-order valence-electron chi connectivity index (χ0n) is 83.5. The van der Waals surface area contributed by atoms with Crippen molar-refractivity contribution in [3.63, 3.8) is 0 Å². The summed E-state index contributed by atoms with van der Waals surface area (Å²) in [6.07, 6.45) is -3.78. The average Bonchev–Trinajstić information content (AvgIpc) is 1.80. The summed E-state index contributed by atoms with van der Waals surface area (Å²) in [6, 6.07) is -9.61. The molecule has 3 aliphatic rings. The van der Waals surface area contributed by atoms with Gasteiger partial charge in [-0.3, -0.25) is 115 Å². The summed E-state index contributed by atoms with van der Waals surface area (Å²) in [7, 11) is 0. The molecule has 2 bridgehead atoms. The minimum Gasteiger partial charge on any atom is -0.508 e. The van der Waals surface area contributed by atoms with E-state index in [0.717, 1.165) is 47.1 Å². The molecule has 2 aromatic rings. The fourth-order valence-corrected chi connectivity index (χ4v) is 18.1. The van der Waals surface area contributed by atoms with Gasteiger partial charge in [0.2, 0.25) is 124 Å². The van der Waals surface area contributed by atoms with Crippen LogP contribution in [0.2, 0.25) is 0 Å². The van der Waals surface area contributed by atoms with Gasteiger partial charge in [-0.05, 0) is 115 Å². The van der Waals surface area contributed by atoms with Crippen molar-refractivity contribution in [3.05, 3.63) is 65.7 Å². The molecular weight excluding hydrogens is 1980 g/mol. The van der Waals surface area contributed by atoms with Crippen LogP contribution in [0.1, 0.15) is 182 Å². The molecule has 5 rings (SSSR count). The van der Waals surface area contributed by atoms with Gasteiger partial charge in [-0.1, -0.05) is 88.9 Å². The fourth-order valence-electron chi connectivity index (χ4n) is 15.2. The highest BCUT2D eigenvalue weighted by Gasteiger charge is 2.43. The Labute approximate surface area is 862 Å². The molecule has 147 heavy (non-hydrogen) atoms. The maximum atomic E-state index is 14.9. The number of carbonyl (C=O) groups is 24. The molecule has 0 spiro atoms. The first-order valence-electron chi connectivity index (χ1n) is 48.4. The number of fused-ring (bicyclic) bond motifs is 2. The normalized spacial score (nSPS) is 20.9. The van der Waals surface area contributed by atoms with Crippen LogP contribution in [0.25, 0.3) is 0 Å². The van der Waals surface area contributed by atoms with Crippen LogP contribution < -0.4 is 103 Å². The summed E-state index contributed by atoms with van der Waals surface area (Å²) >= 11 is 2.87. The van der Waals surface area contributed by atoms with E-state index < -0.39 is 322 Å². The molecule has 3 fully saturated rings. The Kier molecular flexibility index (Phi) is 53.8. The van der Waals surface area contributed by atoms with Gasteiger partial charge >= 0.3 is 17.9 Å². The van der Waals surface area contributed by atoms with Gasteiger partial charge in [0.25, 0.3) is 0 Å². The van der Waals surface area contributed by atoms with Crippen LogP contribution in [-0.2, 0) is 128 Å². The zero-order valence-corrected chi connectivity index (χ0v) is 86.0. The van der Waals surface area contributed by atoms with Gasteiger partial charge in [0.05, 0.1) is 44.8 Å². The second kappa shape index (κ2) is 63.8. The van der Waals surface area contributed by atoms with E-state index in [4.69, 9.17) is 22.9 Å². The quantitative estimate of drug-likeness (QED) is 0.0275. The van der Waals surface area contributed by atoms with Crippen molar-refractivity contribution in [1.82, 2.24) is 99.4 Å². The van der Waals surface area contributed by atoms with Crippen molar-refractivity contribution < 1.29 is 135 Å². The number of carboxylic acids is 3. The van der Waals surface area contributed by atoms with E-state index in [9.17, 15) is 135 Å². The number of rotatable bonds is 46. The summed E-state index contributed by atoms with van der Waals surface area (Å²) in [5, 5.41) is 77.1. The summed E-state index contributed by atoms with van der Waals surface area (Å²) in [4.78, 5) is 335. The Morgan fingerprint density at radius 1 is 0.551 bits per heavy atom. The van der Waals surface area contributed by atoms with Crippen LogP contribution in [0.3, 0.4) is 0 Å². The number of amides is 21. The lowest BCUT2D eigenvalue weighted by molar-refractivity contribution is -0.157. The number of nitrogens with zero attached hydrogens (tertiary/aromatic N) is 4. The second-order valence-electron chi connectivity index (χ2n) is 36.0. The Balaban J connectivity index is 1.48. The van der Waals surface area contributed by atoms with E-state index in [1.165, 1.54) is 66.7 Å². The number of carboxylic acid groups (broad SMARTS) is 3. The van der Waals surface area contributed by atoms with Gasteiger partial charge in [0.1, 0.15) is 90.3 Å². The largest absolute Gasteiger partial charge is 0.508 e. The summed E-state index contributed by atoms with van der Waals surface area (Å²) in [5.41, 5.74) is 23.5. The smallest absolute Gasteiger partial charge is 0.305 e. The van der Waals surface area contributed by atoms with Crippen LogP contribution in [0.5, 0.6) is 5.75 Å². The monoisotopic (exact) mass is 2120 g/mol. The molecule has 3 saturated heterocycles. The van der Waals surface area contributed by atoms with Gasteiger partial charge in [0.15, 0.2) is 0 Å². The lowest BCUT2D eigenvalue weighted by Gasteiger charge is -2.42. The molecule has 27 N–H and O–H groups in total. The molecule has 2 aromatic carbocycles. The van der Waals surface area contributed by atoms with Gasteiger partial charge < -0.3 is 143 Å². The van der Waals surface area contributed by atoms with E-state index in [1.807, 2.05) is 0 Å². The number of unbranched alkanes of at least 4 members (excludes halogenated alkanes) is 2. The van der Waals surface area contributed by atoms with Gasteiger partial charge in [-0.25, -0.2) is 0 Å². The molecular formula is C93H141N23O28S3. The molecule has 54 heteroatoms. The molecule has 17 atom stereocenters. The highest BCUT2D eigenvalue weighted by atomic mass is 32.2. The summed E-state index contributed by atoms with van der Waals surface area (Å²) in [6.45, 7) is 9.42. The molecule has 3 heterocycles. The Hall–Kier alpha value is -13.5. The first-order chi connectivity index (χ1) is 69.5. The maximum Gasteiger partial charge on any atom is 0.305 e. The number of benzene rings is 2. The minimum atomic E-state index is -1.86. The molecule has 3 aliphatic heterocycles. The van der Waals surface area contributed by atoms with E-state index in [-0.39, 0.29) is 98.2 Å². The molecule has 0 aliphatic carbocycles. The predicted octanol–water partition coefficient (Wildman–Crippen LogP) is -5.82. The topological polar surface area (TPSA) is 788 Å². The first kappa shape index (κ1) is 124. The third-order valence-corrected chi connectivity index (χ3v) is 27.1. The Morgan fingerprint density at radius 2 is 1.13 bits per heavy atom. The third-order valence-electron chi connectivity index (χ3n) is 23.8. The summed E-state index contributed by atoms with van der Waals surface area (Å²) in [5.74, 6) is -26.2. The van der Waals surface area contributed by atoms with Gasteiger partial charge in [-0.15, -0.1) is 11.8 Å². The molecule has 0 unspecified atom stereocenters. The number of thioether (sulfide) groups is 3. The van der Waals surface area contributed by atoms with E-state index in [1.54, 1.807) is 51.1 Å². The number of likely N-dealkylation sites (tertiary alicyclic amines) is 1. The van der Waals surface area contributed by atoms with Crippen molar-refractivity contribution >= 4 is 177 Å². The van der Waals surface area contributed by atoms with E-state index >= 15 is 0 Å². The van der Waals surface area contributed by atoms with Gasteiger partial charge in [0, 0.05) is 93.2 Å². The lowest BCUT2D eigenvalue weighted by Crippen LogP contribution is -2.61. The van der Waals surface area contributed by atoms with Crippen molar-refractivity contribution in [2.45, 2.75) is 280 Å². The van der Waals surface area contributed by atoms with E-state index in [0.29, 0.717) is 43.4 Å². The van der Waals surface area contributed by atoms with Crippen molar-refractivity contribution in [1.29, 1.82) is 0 Å². The molecule has 814 valence electrons. The van der Waals surface area contributed by atoms with Crippen molar-refractivity contribution in [2.75, 3.05) is 74.2 Å². The van der Waals surface area contributed by atoms with Crippen LogP contribution >= 0.6 is 35.3 Å². The SMILES string of the molecule is CCCC[C@H](NC(=O)[C@H](Cc1ccccc1)NC(=O)[C@@H]1CCCN1C(=O)[C@H](CC(=O)O)NC(=O)[C@H](C)NC(=O)[C@@H](N)CCCCN)C(=O)N[C@@H](CSCCC(=O)N1CN2CN(C1)C(=O)CSC[C@@H](C)NC(=O)[C@H](Cc1ccc(O)cc1)NC(=O)[C@H](CCC(N)=O)NC(=O)CNC(=O)[C@H](CCC(=O)O)NC(=O)[C@H](CCC(=O)O)NC(=O)[C@H]([C@@H](C)CC)NC(=O)[C@@H](NC(=O)[C@H](C)NC(C)=O)CSCCC2=O)C(=O)N[C@@H](C)C(N)=O. The number of hydrogen-bond donors (Lipinski definition) is 23. The number of phenols is 1. The third kappa shape index (κ3) is 44.4. The molecule has 0 saturated carbocycles. The second-order valence-corrected chi connectivity index (χ2v) is 39.4. The van der Waals surface area contributed by atoms with Crippen LogP contribution in [-0.4, -0.2) is 353 Å². The Bertz CT molecular complexity index is 4940. The number of phenolic OH excluding ortho intramolecular Hbond substituents is 1. The van der Waals surface area contributed by atoms with Crippen LogP contribution in [0, 0.1) is 5.92 Å². The van der Waals surface area contributed by atoms with E-state index in [2.05, 4.69) is 79.8 Å². The van der Waals surface area contributed by atoms with Crippen LogP contribution in [0.15, 0.2) is 54.6 Å². The first-order valence-corrected chi connectivity index (χ1v) is 51.9. The number of nitrogens with one attached hydrogen (secondary N) is 15. The summed E-state index contributed by atoms with van der Waals surface area (Å²) < 4.78 is 0. The molecule has 51 nitrogen and oxygen atoms in total. The number of primary amides is 2. The number of carbonyl (C=O) groups excluding carboxylic acids is 21. The minimum absolute atomic E-state index is 0.0151. The van der Waals surface area contributed by atoms with Crippen LogP contribution in [0.4, 0.5) is 0 Å².